The van der Waals surface area contributed by atoms with Crippen LogP contribution in [0.15, 0.2) is 0 Å². The lowest BCUT2D eigenvalue weighted by Gasteiger charge is -2.43. The predicted octanol–water partition coefficient (Wildman–Crippen LogP) is 4.04. The normalized spacial score (nSPS) is 26.7. The molecule has 19 heavy (non-hydrogen) atoms. The van der Waals surface area contributed by atoms with Crippen molar-refractivity contribution in [3.8, 4) is 0 Å². The Morgan fingerprint density at radius 3 is 2.47 bits per heavy atom. The molecule has 1 saturated heterocycles. The fourth-order valence-corrected chi connectivity index (χ4v) is 4.05. The van der Waals surface area contributed by atoms with Crippen LogP contribution in [0.25, 0.3) is 0 Å². The van der Waals surface area contributed by atoms with Crippen molar-refractivity contribution in [2.75, 3.05) is 19.0 Å². The summed E-state index contributed by atoms with van der Waals surface area (Å²) in [5.74, 6) is 1.42. The first-order valence-corrected chi connectivity index (χ1v) is 7.94. The summed E-state index contributed by atoms with van der Waals surface area (Å²) >= 11 is 6.11. The van der Waals surface area contributed by atoms with Crippen molar-refractivity contribution in [2.24, 2.45) is 11.3 Å². The van der Waals surface area contributed by atoms with Crippen molar-refractivity contribution < 1.29 is 9.53 Å². The van der Waals surface area contributed by atoms with Gasteiger partial charge in [0.15, 0.2) is 0 Å². The van der Waals surface area contributed by atoms with Gasteiger partial charge in [-0.2, -0.15) is 0 Å². The van der Waals surface area contributed by atoms with Crippen LogP contribution in [0, 0.1) is 11.3 Å². The van der Waals surface area contributed by atoms with Crippen molar-refractivity contribution in [1.82, 2.24) is 4.90 Å². The van der Waals surface area contributed by atoms with Gasteiger partial charge in [-0.15, -0.1) is 11.6 Å². The van der Waals surface area contributed by atoms with E-state index in [1.165, 1.54) is 19.3 Å². The second-order valence-corrected chi connectivity index (χ2v) is 7.38. The van der Waals surface area contributed by atoms with Crippen LogP contribution < -0.4 is 0 Å². The number of hydrogen-bond acceptors (Lipinski definition) is 2. The number of nitrogens with zero attached hydrogens (tertiary/aromatic N) is 1. The third-order valence-electron chi connectivity index (χ3n) is 4.69. The van der Waals surface area contributed by atoms with Crippen molar-refractivity contribution in [3.05, 3.63) is 0 Å². The SMILES string of the molecule is CC(C)(C)OC(=O)N1CCC2(CCCC2CCl)CC1. The van der Waals surface area contributed by atoms with E-state index in [0.29, 0.717) is 11.3 Å². The minimum absolute atomic E-state index is 0.164. The Kier molecular flexibility index (Phi) is 4.34. The number of rotatable bonds is 1. The van der Waals surface area contributed by atoms with E-state index in [1.54, 1.807) is 0 Å². The highest BCUT2D eigenvalue weighted by Crippen LogP contribution is 2.50. The van der Waals surface area contributed by atoms with Gasteiger partial charge in [0.25, 0.3) is 0 Å². The van der Waals surface area contributed by atoms with Crippen LogP contribution in [-0.4, -0.2) is 35.6 Å². The van der Waals surface area contributed by atoms with Crippen LogP contribution in [-0.2, 0) is 4.74 Å². The monoisotopic (exact) mass is 287 g/mol. The Labute approximate surface area is 121 Å². The summed E-state index contributed by atoms with van der Waals surface area (Å²) in [5, 5.41) is 0. The lowest BCUT2D eigenvalue weighted by molar-refractivity contribution is 0.00564. The Morgan fingerprint density at radius 2 is 1.95 bits per heavy atom. The lowest BCUT2D eigenvalue weighted by Crippen LogP contribution is -2.46. The highest BCUT2D eigenvalue weighted by molar-refractivity contribution is 6.18. The van der Waals surface area contributed by atoms with Gasteiger partial charge in [-0.05, 0) is 57.8 Å². The zero-order valence-electron chi connectivity index (χ0n) is 12.4. The molecule has 0 N–H and O–H groups in total. The molecule has 2 aliphatic rings. The summed E-state index contributed by atoms with van der Waals surface area (Å²) in [6.07, 6.45) is 5.85. The molecule has 3 nitrogen and oxygen atoms in total. The minimum Gasteiger partial charge on any atom is -0.444 e. The summed E-state index contributed by atoms with van der Waals surface area (Å²) in [4.78, 5) is 13.9. The van der Waals surface area contributed by atoms with E-state index in [-0.39, 0.29) is 6.09 Å². The predicted molar refractivity (Wildman–Crippen MR) is 77.5 cm³/mol. The van der Waals surface area contributed by atoms with Gasteiger partial charge in [-0.25, -0.2) is 4.79 Å². The third kappa shape index (κ3) is 3.36. The Bertz CT molecular complexity index is 330. The average molecular weight is 288 g/mol. The first-order valence-electron chi connectivity index (χ1n) is 7.40. The van der Waals surface area contributed by atoms with Gasteiger partial charge < -0.3 is 9.64 Å². The standard InChI is InChI=1S/C15H26ClNO2/c1-14(2,3)19-13(18)17-9-7-15(8-10-17)6-4-5-12(15)11-16/h12H,4-11H2,1-3H3. The molecule has 1 atom stereocenters. The topological polar surface area (TPSA) is 29.5 Å². The van der Waals surface area contributed by atoms with Gasteiger partial charge in [-0.1, -0.05) is 6.42 Å². The maximum Gasteiger partial charge on any atom is 0.410 e. The molecule has 1 saturated carbocycles. The first-order chi connectivity index (χ1) is 8.86. The molecule has 0 radical (unpaired) electrons. The number of carbonyl (C=O) groups excluding carboxylic acids is 1. The molecule has 1 amide bonds. The van der Waals surface area contributed by atoms with E-state index in [9.17, 15) is 4.79 Å². The summed E-state index contributed by atoms with van der Waals surface area (Å²) < 4.78 is 5.44. The lowest BCUT2D eigenvalue weighted by atomic mass is 9.71. The van der Waals surface area contributed by atoms with Crippen LogP contribution in [0.2, 0.25) is 0 Å². The van der Waals surface area contributed by atoms with Gasteiger partial charge >= 0.3 is 6.09 Å². The number of piperidine rings is 1. The number of amides is 1. The molecule has 0 aromatic rings. The smallest absolute Gasteiger partial charge is 0.410 e. The fraction of sp³-hybridized carbons (Fsp3) is 0.933. The second-order valence-electron chi connectivity index (χ2n) is 7.07. The van der Waals surface area contributed by atoms with Crippen molar-refractivity contribution in [2.45, 2.75) is 58.5 Å². The summed E-state index contributed by atoms with van der Waals surface area (Å²) in [7, 11) is 0. The van der Waals surface area contributed by atoms with Crippen LogP contribution >= 0.6 is 11.6 Å². The van der Waals surface area contributed by atoms with E-state index in [2.05, 4.69) is 0 Å². The van der Waals surface area contributed by atoms with Crippen LogP contribution in [0.5, 0.6) is 0 Å². The van der Waals surface area contributed by atoms with E-state index in [4.69, 9.17) is 16.3 Å². The Hall–Kier alpha value is -0.440. The van der Waals surface area contributed by atoms with E-state index in [0.717, 1.165) is 31.8 Å². The molecule has 2 rings (SSSR count). The van der Waals surface area contributed by atoms with Gasteiger partial charge in [0.2, 0.25) is 0 Å². The molecule has 4 heteroatoms. The highest BCUT2D eigenvalue weighted by Gasteiger charge is 2.45. The molecule has 0 bridgehead atoms. The van der Waals surface area contributed by atoms with E-state index >= 15 is 0 Å². The molecule has 0 aromatic carbocycles. The van der Waals surface area contributed by atoms with Gasteiger partial charge in [0.05, 0.1) is 0 Å². The van der Waals surface area contributed by atoms with Crippen LogP contribution in [0.4, 0.5) is 4.79 Å². The van der Waals surface area contributed by atoms with E-state index < -0.39 is 5.60 Å². The van der Waals surface area contributed by atoms with Crippen LogP contribution in [0.1, 0.15) is 52.9 Å². The fourth-order valence-electron chi connectivity index (χ4n) is 3.57. The largest absolute Gasteiger partial charge is 0.444 e. The molecule has 1 aliphatic heterocycles. The first kappa shape index (κ1) is 15.0. The van der Waals surface area contributed by atoms with Gasteiger partial charge in [-0.3, -0.25) is 0 Å². The molecule has 0 aromatic heterocycles. The number of hydrogen-bond donors (Lipinski definition) is 0. The van der Waals surface area contributed by atoms with Crippen molar-refractivity contribution >= 4 is 17.7 Å². The van der Waals surface area contributed by atoms with Crippen LogP contribution in [0.3, 0.4) is 0 Å². The molecule has 1 spiro atoms. The maximum absolute atomic E-state index is 12.0. The van der Waals surface area contributed by atoms with Gasteiger partial charge in [0.1, 0.15) is 5.60 Å². The molecule has 1 unspecified atom stereocenters. The summed E-state index contributed by atoms with van der Waals surface area (Å²) in [5.41, 5.74) is -0.00148. The van der Waals surface area contributed by atoms with Gasteiger partial charge in [0, 0.05) is 19.0 Å². The van der Waals surface area contributed by atoms with Crippen molar-refractivity contribution in [3.63, 3.8) is 0 Å². The summed E-state index contributed by atoms with van der Waals surface area (Å²) in [6, 6.07) is 0. The molecule has 1 heterocycles. The molecule has 2 fully saturated rings. The molecule has 1 aliphatic carbocycles. The van der Waals surface area contributed by atoms with E-state index in [1.807, 2.05) is 25.7 Å². The Morgan fingerprint density at radius 1 is 1.32 bits per heavy atom. The third-order valence-corrected chi connectivity index (χ3v) is 5.06. The zero-order valence-corrected chi connectivity index (χ0v) is 13.1. The number of carbonyl (C=O) groups is 1. The molecular formula is C15H26ClNO2. The second kappa shape index (κ2) is 5.51. The highest BCUT2D eigenvalue weighted by atomic mass is 35.5. The molecule has 110 valence electrons. The minimum atomic E-state index is -0.405. The number of likely N-dealkylation sites (tertiary alicyclic amines) is 1. The maximum atomic E-state index is 12.0. The van der Waals surface area contributed by atoms with Crippen molar-refractivity contribution in [1.29, 1.82) is 0 Å². The number of ether oxygens (including phenoxy) is 1. The average Bonchev–Trinajstić information content (AvgIpc) is 2.70. The quantitative estimate of drug-likeness (QED) is 0.681. The Balaban J connectivity index is 1.90. The molecular weight excluding hydrogens is 262 g/mol. The zero-order chi connectivity index (χ0) is 14.1. The number of alkyl halides is 1. The number of halogens is 1. The summed E-state index contributed by atoms with van der Waals surface area (Å²) in [6.45, 7) is 7.38.